The van der Waals surface area contributed by atoms with E-state index < -0.39 is 5.97 Å². The van der Waals surface area contributed by atoms with Gasteiger partial charge < -0.3 is 10.0 Å². The Bertz CT molecular complexity index is 342. The van der Waals surface area contributed by atoms with Crippen LogP contribution in [0, 0.1) is 17.8 Å². The summed E-state index contributed by atoms with van der Waals surface area (Å²) in [4.78, 5) is 25.4. The third-order valence-electron chi connectivity index (χ3n) is 4.69. The molecule has 0 aromatic carbocycles. The van der Waals surface area contributed by atoms with Crippen molar-refractivity contribution in [3.05, 3.63) is 0 Å². The van der Waals surface area contributed by atoms with Crippen LogP contribution in [-0.2, 0) is 9.59 Å². The smallest absolute Gasteiger partial charge is 0.306 e. The van der Waals surface area contributed by atoms with E-state index in [0.29, 0.717) is 25.3 Å². The first kappa shape index (κ1) is 13.4. The Kier molecular flexibility index (Phi) is 3.93. The molecule has 4 heteroatoms. The van der Waals surface area contributed by atoms with Gasteiger partial charge in [-0.3, -0.25) is 9.59 Å². The Hall–Kier alpha value is -1.06. The number of hydrogen-bond acceptors (Lipinski definition) is 2. The minimum Gasteiger partial charge on any atom is -0.481 e. The van der Waals surface area contributed by atoms with E-state index in [1.165, 1.54) is 0 Å². The molecule has 2 rings (SSSR count). The summed E-state index contributed by atoms with van der Waals surface area (Å²) >= 11 is 0. The molecule has 0 spiro atoms. The minimum absolute atomic E-state index is 0.0696. The van der Waals surface area contributed by atoms with Crippen molar-refractivity contribution in [1.29, 1.82) is 0 Å². The fraction of sp³-hybridized carbons (Fsp3) is 0.857. The number of nitrogens with zero attached hydrogens (tertiary/aromatic N) is 1. The van der Waals surface area contributed by atoms with E-state index >= 15 is 0 Å². The van der Waals surface area contributed by atoms with Crippen LogP contribution in [-0.4, -0.2) is 34.5 Å². The fourth-order valence-electron chi connectivity index (χ4n) is 3.45. The molecule has 4 nitrogen and oxygen atoms in total. The number of carbonyl (C=O) groups is 2. The van der Waals surface area contributed by atoms with Crippen molar-refractivity contribution in [3.8, 4) is 0 Å². The predicted molar refractivity (Wildman–Crippen MR) is 68.0 cm³/mol. The lowest BCUT2D eigenvalue weighted by Gasteiger charge is -2.38. The standard InChI is InChI=1S/C14H23NO3/c1-9-4-3-5-12(9)13(16)15-7-6-11(14(17)18)8-10(15)2/h9-12H,3-8H2,1-2H3,(H,17,18). The summed E-state index contributed by atoms with van der Waals surface area (Å²) in [6, 6.07) is 0.0696. The van der Waals surface area contributed by atoms with E-state index in [2.05, 4.69) is 6.92 Å². The van der Waals surface area contributed by atoms with Crippen LogP contribution in [0.4, 0.5) is 0 Å². The highest BCUT2D eigenvalue weighted by Crippen LogP contribution is 2.34. The van der Waals surface area contributed by atoms with Gasteiger partial charge in [0.25, 0.3) is 0 Å². The first-order chi connectivity index (χ1) is 8.50. The number of hydrogen-bond donors (Lipinski definition) is 1. The third-order valence-corrected chi connectivity index (χ3v) is 4.69. The van der Waals surface area contributed by atoms with Crippen molar-refractivity contribution in [2.45, 2.75) is 52.0 Å². The molecule has 1 heterocycles. The molecule has 4 atom stereocenters. The van der Waals surface area contributed by atoms with Gasteiger partial charge in [0.1, 0.15) is 0 Å². The molecule has 0 aromatic heterocycles. The maximum atomic E-state index is 12.5. The molecule has 1 aliphatic heterocycles. The number of carboxylic acids is 1. The van der Waals surface area contributed by atoms with Gasteiger partial charge in [0.2, 0.25) is 5.91 Å². The summed E-state index contributed by atoms with van der Waals surface area (Å²) in [5, 5.41) is 9.03. The first-order valence-corrected chi connectivity index (χ1v) is 7.04. The average Bonchev–Trinajstić information content (AvgIpc) is 2.74. The topological polar surface area (TPSA) is 57.6 Å². The molecule has 1 aliphatic carbocycles. The highest BCUT2D eigenvalue weighted by atomic mass is 16.4. The molecular formula is C14H23NO3. The van der Waals surface area contributed by atoms with E-state index in [0.717, 1.165) is 19.3 Å². The van der Waals surface area contributed by atoms with Crippen LogP contribution in [0.2, 0.25) is 0 Å². The van der Waals surface area contributed by atoms with E-state index in [1.54, 1.807) is 0 Å². The lowest BCUT2D eigenvalue weighted by molar-refractivity contribution is -0.149. The summed E-state index contributed by atoms with van der Waals surface area (Å²) in [5.74, 6) is -0.0692. The quantitative estimate of drug-likeness (QED) is 0.820. The summed E-state index contributed by atoms with van der Waals surface area (Å²) in [5.41, 5.74) is 0. The van der Waals surface area contributed by atoms with Crippen molar-refractivity contribution >= 4 is 11.9 Å². The summed E-state index contributed by atoms with van der Waals surface area (Å²) in [6.45, 7) is 4.75. The van der Waals surface area contributed by atoms with Gasteiger partial charge in [0.15, 0.2) is 0 Å². The number of rotatable bonds is 2. The summed E-state index contributed by atoms with van der Waals surface area (Å²) in [6.07, 6.45) is 4.51. The van der Waals surface area contributed by atoms with Crippen LogP contribution in [0.3, 0.4) is 0 Å². The molecule has 0 radical (unpaired) electrons. The van der Waals surface area contributed by atoms with Gasteiger partial charge in [0, 0.05) is 18.5 Å². The van der Waals surface area contributed by atoms with Gasteiger partial charge >= 0.3 is 5.97 Å². The van der Waals surface area contributed by atoms with Crippen molar-refractivity contribution in [3.63, 3.8) is 0 Å². The zero-order chi connectivity index (χ0) is 13.3. The fourth-order valence-corrected chi connectivity index (χ4v) is 3.45. The highest BCUT2D eigenvalue weighted by Gasteiger charge is 2.38. The van der Waals surface area contributed by atoms with Crippen LogP contribution in [0.5, 0.6) is 0 Å². The molecule has 0 aromatic rings. The maximum absolute atomic E-state index is 12.5. The number of carboxylic acid groups (broad SMARTS) is 1. The van der Waals surface area contributed by atoms with E-state index in [-0.39, 0.29) is 23.8 Å². The Labute approximate surface area is 108 Å². The molecule has 2 aliphatic rings. The molecule has 0 bridgehead atoms. The zero-order valence-corrected chi connectivity index (χ0v) is 11.3. The third kappa shape index (κ3) is 2.52. The Balaban J connectivity index is 1.98. The van der Waals surface area contributed by atoms with Gasteiger partial charge in [-0.2, -0.15) is 0 Å². The van der Waals surface area contributed by atoms with Crippen LogP contribution < -0.4 is 0 Å². The number of likely N-dealkylation sites (tertiary alicyclic amines) is 1. The number of aliphatic carboxylic acids is 1. The molecule has 1 N–H and O–H groups in total. The Morgan fingerprint density at radius 1 is 1.17 bits per heavy atom. The molecule has 2 fully saturated rings. The van der Waals surface area contributed by atoms with Gasteiger partial charge in [-0.1, -0.05) is 13.3 Å². The minimum atomic E-state index is -0.719. The van der Waals surface area contributed by atoms with Crippen LogP contribution in [0.25, 0.3) is 0 Å². The Morgan fingerprint density at radius 2 is 1.89 bits per heavy atom. The van der Waals surface area contributed by atoms with E-state index in [4.69, 9.17) is 5.11 Å². The summed E-state index contributed by atoms with van der Waals surface area (Å²) in [7, 11) is 0. The van der Waals surface area contributed by atoms with Crippen molar-refractivity contribution < 1.29 is 14.7 Å². The SMILES string of the molecule is CC1CCCC1C(=O)N1CCC(C(=O)O)CC1C. The van der Waals surface area contributed by atoms with E-state index in [9.17, 15) is 9.59 Å². The second-order valence-electron chi connectivity index (χ2n) is 5.95. The summed E-state index contributed by atoms with van der Waals surface area (Å²) < 4.78 is 0. The average molecular weight is 253 g/mol. The van der Waals surface area contributed by atoms with Crippen LogP contribution >= 0.6 is 0 Å². The number of piperidine rings is 1. The van der Waals surface area contributed by atoms with Crippen LogP contribution in [0.1, 0.15) is 46.0 Å². The molecule has 18 heavy (non-hydrogen) atoms. The maximum Gasteiger partial charge on any atom is 0.306 e. The first-order valence-electron chi connectivity index (χ1n) is 7.04. The lowest BCUT2D eigenvalue weighted by Crippen LogP contribution is -2.48. The molecule has 102 valence electrons. The highest BCUT2D eigenvalue weighted by molar-refractivity contribution is 5.80. The molecular weight excluding hydrogens is 230 g/mol. The van der Waals surface area contributed by atoms with Gasteiger partial charge in [0.05, 0.1) is 5.92 Å². The zero-order valence-electron chi connectivity index (χ0n) is 11.3. The largest absolute Gasteiger partial charge is 0.481 e. The van der Waals surface area contributed by atoms with Crippen molar-refractivity contribution in [2.75, 3.05) is 6.54 Å². The molecule has 4 unspecified atom stereocenters. The molecule has 1 saturated carbocycles. The normalized spacial score (nSPS) is 36.7. The van der Waals surface area contributed by atoms with Gasteiger partial charge in [-0.15, -0.1) is 0 Å². The number of carbonyl (C=O) groups excluding carboxylic acids is 1. The second kappa shape index (κ2) is 5.29. The Morgan fingerprint density at radius 3 is 2.39 bits per heavy atom. The van der Waals surface area contributed by atoms with E-state index in [1.807, 2.05) is 11.8 Å². The van der Waals surface area contributed by atoms with Crippen molar-refractivity contribution in [1.82, 2.24) is 4.90 Å². The van der Waals surface area contributed by atoms with Gasteiger partial charge in [-0.05, 0) is 38.5 Å². The predicted octanol–water partition coefficient (Wildman–Crippen LogP) is 2.13. The number of amides is 1. The molecule has 1 saturated heterocycles. The lowest BCUT2D eigenvalue weighted by atomic mass is 9.89. The molecule has 1 amide bonds. The van der Waals surface area contributed by atoms with Crippen LogP contribution in [0.15, 0.2) is 0 Å². The monoisotopic (exact) mass is 253 g/mol. The van der Waals surface area contributed by atoms with Crippen molar-refractivity contribution in [2.24, 2.45) is 17.8 Å². The van der Waals surface area contributed by atoms with Gasteiger partial charge in [-0.25, -0.2) is 0 Å². The second-order valence-corrected chi connectivity index (χ2v) is 5.95.